The number of halogens is 8. The van der Waals surface area contributed by atoms with Crippen LogP contribution >= 0.6 is 0 Å². The Balaban J connectivity index is 2.02. The van der Waals surface area contributed by atoms with Gasteiger partial charge in [-0.05, 0) is 6.07 Å². The van der Waals surface area contributed by atoms with Gasteiger partial charge >= 0.3 is 12.4 Å². The molecule has 0 bridgehead atoms. The van der Waals surface area contributed by atoms with Crippen molar-refractivity contribution < 1.29 is 40.2 Å². The van der Waals surface area contributed by atoms with Gasteiger partial charge in [0.15, 0.2) is 11.8 Å². The van der Waals surface area contributed by atoms with Crippen molar-refractivity contribution in [2.45, 2.75) is 30.4 Å². The fourth-order valence-electron chi connectivity index (χ4n) is 3.40. The number of hydrogen-bond acceptors (Lipinski definition) is 4. The van der Waals surface area contributed by atoms with Crippen molar-refractivity contribution in [2.75, 3.05) is 11.4 Å². The largest absolute Gasteiger partial charge is 0.419 e. The minimum Gasteiger partial charge on any atom is -0.382 e. The van der Waals surface area contributed by atoms with Gasteiger partial charge in [-0.2, -0.15) is 31.6 Å². The van der Waals surface area contributed by atoms with Crippen molar-refractivity contribution in [2.24, 2.45) is 11.8 Å². The summed E-state index contributed by atoms with van der Waals surface area (Å²) in [6.07, 6.45) is -12.7. The fraction of sp³-hybridized carbons (Fsp3) is 0.571. The van der Waals surface area contributed by atoms with E-state index in [9.17, 15) is 40.2 Å². The lowest BCUT2D eigenvalue weighted by Crippen LogP contribution is -2.51. The van der Waals surface area contributed by atoms with Gasteiger partial charge in [-0.25, -0.2) is 13.8 Å². The normalized spacial score (nSPS) is 28.5. The Morgan fingerprint density at radius 2 is 1.88 bits per heavy atom. The van der Waals surface area contributed by atoms with Crippen molar-refractivity contribution in [3.8, 4) is 6.07 Å². The van der Waals surface area contributed by atoms with E-state index in [2.05, 4.69) is 4.98 Å². The van der Waals surface area contributed by atoms with Crippen molar-refractivity contribution in [3.05, 3.63) is 23.5 Å². The Bertz CT molecular complexity index is 769. The Kier molecular flexibility index (Phi) is 3.88. The number of anilines is 1. The molecule has 1 N–H and O–H groups in total. The van der Waals surface area contributed by atoms with E-state index in [0.29, 0.717) is 17.2 Å². The van der Waals surface area contributed by atoms with Crippen LogP contribution in [0.2, 0.25) is 0 Å². The highest BCUT2D eigenvalue weighted by Crippen LogP contribution is 2.64. The average Bonchev–Trinajstić information content (AvgIpc) is 2.89. The molecule has 2 heterocycles. The van der Waals surface area contributed by atoms with E-state index in [1.54, 1.807) is 0 Å². The number of aliphatic hydroxyl groups is 1. The predicted octanol–water partition coefficient (Wildman–Crippen LogP) is 2.97. The molecule has 1 aromatic heterocycles. The van der Waals surface area contributed by atoms with Crippen LogP contribution in [0.5, 0.6) is 0 Å². The Morgan fingerprint density at radius 3 is 2.38 bits per heavy atom. The number of pyridine rings is 1. The molecule has 1 aliphatic carbocycles. The highest BCUT2D eigenvalue weighted by Gasteiger charge is 2.78. The summed E-state index contributed by atoms with van der Waals surface area (Å²) in [5, 5.41) is 18.2. The standard InChI is InChI=1S/C14H9F8N3O/c15-12(16)7-4-25(10(9(7)12)11(26)14(20,21)22)5-1-6(13(17,18)19)8(2-23)24-3-5/h1,3,7,9-11,26H,4H2/t7-,9?,10+,11+/m0/s1. The molecule has 0 radical (unpaired) electrons. The smallest absolute Gasteiger partial charge is 0.382 e. The number of alkyl halides is 8. The molecule has 1 saturated carbocycles. The number of rotatable bonds is 2. The van der Waals surface area contributed by atoms with Crippen molar-refractivity contribution >= 4 is 5.69 Å². The summed E-state index contributed by atoms with van der Waals surface area (Å²) in [5.41, 5.74) is -3.01. The number of fused-ring (bicyclic) bond motifs is 1. The summed E-state index contributed by atoms with van der Waals surface area (Å²) < 4.78 is 105. The Labute approximate surface area is 140 Å². The third kappa shape index (κ3) is 2.74. The summed E-state index contributed by atoms with van der Waals surface area (Å²) in [7, 11) is 0. The molecule has 1 aliphatic heterocycles. The number of nitrogens with zero attached hydrogens (tertiary/aromatic N) is 3. The maximum absolute atomic E-state index is 13.6. The monoisotopic (exact) mass is 387 g/mol. The van der Waals surface area contributed by atoms with Crippen molar-refractivity contribution in [1.29, 1.82) is 5.26 Å². The first-order valence-corrected chi connectivity index (χ1v) is 7.16. The van der Waals surface area contributed by atoms with Crippen LogP contribution in [0, 0.1) is 23.2 Å². The lowest BCUT2D eigenvalue weighted by atomic mass is 10.0. The molecule has 0 spiro atoms. The summed E-state index contributed by atoms with van der Waals surface area (Å²) in [6.45, 7) is -0.666. The minimum atomic E-state index is -5.23. The second kappa shape index (κ2) is 5.42. The van der Waals surface area contributed by atoms with E-state index in [0.717, 1.165) is 0 Å². The van der Waals surface area contributed by atoms with Crippen LogP contribution in [0.3, 0.4) is 0 Å². The molecule has 26 heavy (non-hydrogen) atoms. The van der Waals surface area contributed by atoms with E-state index in [-0.39, 0.29) is 0 Å². The topological polar surface area (TPSA) is 60.2 Å². The molecular formula is C14H9F8N3O. The first-order chi connectivity index (χ1) is 11.8. The van der Waals surface area contributed by atoms with E-state index < -0.39 is 65.7 Å². The van der Waals surface area contributed by atoms with Gasteiger partial charge in [0.05, 0.1) is 35.3 Å². The van der Waals surface area contributed by atoms with Crippen LogP contribution in [-0.4, -0.2) is 40.9 Å². The molecule has 142 valence electrons. The maximum Gasteiger partial charge on any atom is 0.419 e. The van der Waals surface area contributed by atoms with Crippen LogP contribution in [0.1, 0.15) is 11.3 Å². The highest BCUT2D eigenvalue weighted by molar-refractivity contribution is 5.55. The number of piperidine rings is 1. The van der Waals surface area contributed by atoms with E-state index in [1.807, 2.05) is 0 Å². The number of nitriles is 1. The molecule has 4 nitrogen and oxygen atoms in total. The molecule has 1 saturated heterocycles. The van der Waals surface area contributed by atoms with Gasteiger partial charge in [-0.15, -0.1) is 0 Å². The first kappa shape index (κ1) is 18.6. The highest BCUT2D eigenvalue weighted by atomic mass is 19.4. The first-order valence-electron chi connectivity index (χ1n) is 7.16. The summed E-state index contributed by atoms with van der Waals surface area (Å²) >= 11 is 0. The fourth-order valence-corrected chi connectivity index (χ4v) is 3.40. The van der Waals surface area contributed by atoms with Crippen LogP contribution in [-0.2, 0) is 6.18 Å². The minimum absolute atomic E-state index is 0.380. The van der Waals surface area contributed by atoms with Gasteiger partial charge in [0.2, 0.25) is 0 Å². The van der Waals surface area contributed by atoms with Crippen LogP contribution in [0.25, 0.3) is 0 Å². The van der Waals surface area contributed by atoms with E-state index >= 15 is 0 Å². The molecular weight excluding hydrogens is 378 g/mol. The number of aliphatic hydroxyl groups excluding tert-OH is 1. The Hall–Kier alpha value is -2.16. The summed E-state index contributed by atoms with van der Waals surface area (Å²) in [4.78, 5) is 3.91. The zero-order chi connectivity index (χ0) is 19.7. The maximum atomic E-state index is 13.6. The zero-order valence-electron chi connectivity index (χ0n) is 12.5. The second-order valence-corrected chi connectivity index (χ2v) is 6.14. The predicted molar refractivity (Wildman–Crippen MR) is 69.1 cm³/mol. The molecule has 0 amide bonds. The van der Waals surface area contributed by atoms with Gasteiger partial charge in [0.25, 0.3) is 5.92 Å². The van der Waals surface area contributed by atoms with Gasteiger partial charge in [0.1, 0.15) is 6.07 Å². The molecule has 12 heteroatoms. The number of aromatic nitrogens is 1. The van der Waals surface area contributed by atoms with Crippen LogP contribution < -0.4 is 4.90 Å². The summed E-state index contributed by atoms with van der Waals surface area (Å²) in [5.74, 6) is -6.76. The SMILES string of the molecule is N#Cc1ncc(N2C[C@H]3C([C@@H]2[C@@H](O)C(F)(F)F)C3(F)F)cc1C(F)(F)F. The molecule has 4 atom stereocenters. The van der Waals surface area contributed by atoms with Crippen LogP contribution in [0.4, 0.5) is 40.8 Å². The van der Waals surface area contributed by atoms with Crippen LogP contribution in [0.15, 0.2) is 12.3 Å². The Morgan fingerprint density at radius 1 is 1.27 bits per heavy atom. The second-order valence-electron chi connectivity index (χ2n) is 6.14. The quantitative estimate of drug-likeness (QED) is 0.793. The average molecular weight is 387 g/mol. The molecule has 2 aliphatic rings. The van der Waals surface area contributed by atoms with Crippen molar-refractivity contribution in [1.82, 2.24) is 4.98 Å². The van der Waals surface area contributed by atoms with Gasteiger partial charge < -0.3 is 10.0 Å². The van der Waals surface area contributed by atoms with Gasteiger partial charge in [-0.1, -0.05) is 0 Å². The van der Waals surface area contributed by atoms with Crippen molar-refractivity contribution in [3.63, 3.8) is 0 Å². The lowest BCUT2D eigenvalue weighted by molar-refractivity contribution is -0.212. The lowest BCUT2D eigenvalue weighted by Gasteiger charge is -2.34. The summed E-state index contributed by atoms with van der Waals surface area (Å²) in [6, 6.07) is -0.558. The molecule has 3 rings (SSSR count). The van der Waals surface area contributed by atoms with Gasteiger partial charge in [-0.3, -0.25) is 0 Å². The zero-order valence-corrected chi connectivity index (χ0v) is 12.5. The third-order valence-electron chi connectivity index (χ3n) is 4.66. The van der Waals surface area contributed by atoms with Gasteiger partial charge in [0, 0.05) is 6.54 Å². The molecule has 1 aromatic rings. The van der Waals surface area contributed by atoms with E-state index in [4.69, 9.17) is 5.26 Å². The third-order valence-corrected chi connectivity index (χ3v) is 4.66. The molecule has 2 fully saturated rings. The molecule has 0 aromatic carbocycles. The van der Waals surface area contributed by atoms with E-state index in [1.165, 1.54) is 6.07 Å². The number of hydrogen-bond donors (Lipinski definition) is 1. The molecule has 1 unspecified atom stereocenters.